The highest BCUT2D eigenvalue weighted by molar-refractivity contribution is 7.89. The molecule has 0 atom stereocenters. The molecule has 0 amide bonds. The molecule has 68 valence electrons. The van der Waals surface area contributed by atoms with Crippen LogP contribution in [0.5, 0.6) is 0 Å². The van der Waals surface area contributed by atoms with Crippen molar-refractivity contribution in [2.24, 2.45) is 0 Å². The van der Waals surface area contributed by atoms with Crippen molar-refractivity contribution in [2.45, 2.75) is 5.75 Å². The van der Waals surface area contributed by atoms with Gasteiger partial charge < -0.3 is 5.32 Å². The highest BCUT2D eigenvalue weighted by Crippen LogP contribution is 2.11. The molecule has 12 heavy (non-hydrogen) atoms. The van der Waals surface area contributed by atoms with Crippen LogP contribution in [0.3, 0.4) is 0 Å². The molecule has 0 spiro atoms. The van der Waals surface area contributed by atoms with E-state index in [4.69, 9.17) is 0 Å². The fraction of sp³-hybridized carbons (Fsp3) is 0.600. The smallest absolute Gasteiger partial charge is 0.202 e. The fourth-order valence-corrected chi connectivity index (χ4v) is 1.86. The Morgan fingerprint density at radius 1 is 1.58 bits per heavy atom. The van der Waals surface area contributed by atoms with Gasteiger partial charge in [-0.3, -0.25) is 0 Å². The predicted octanol–water partition coefficient (Wildman–Crippen LogP) is 0.124. The van der Waals surface area contributed by atoms with Crippen LogP contribution in [0, 0.1) is 0 Å². The zero-order valence-corrected chi connectivity index (χ0v) is 8.37. The number of anilines is 1. The summed E-state index contributed by atoms with van der Waals surface area (Å²) < 4.78 is 25.5. The van der Waals surface area contributed by atoms with Crippen LogP contribution >= 0.6 is 11.5 Å². The summed E-state index contributed by atoms with van der Waals surface area (Å²) in [7, 11) is -1.31. The van der Waals surface area contributed by atoms with E-state index in [1.54, 1.807) is 7.05 Å². The van der Waals surface area contributed by atoms with Crippen molar-refractivity contribution < 1.29 is 8.42 Å². The van der Waals surface area contributed by atoms with E-state index in [9.17, 15) is 8.42 Å². The average molecular weight is 207 g/mol. The second kappa shape index (κ2) is 3.36. The standard InChI is InChI=1S/C5H9N3O2S2/c1-6-5-7-4(8-11-5)3-12(2,9)10/h3H2,1-2H3,(H,6,7,8). The summed E-state index contributed by atoms with van der Waals surface area (Å²) in [6.45, 7) is 0. The van der Waals surface area contributed by atoms with Crippen LogP contribution in [0.4, 0.5) is 5.13 Å². The van der Waals surface area contributed by atoms with Gasteiger partial charge in [-0.2, -0.15) is 4.37 Å². The van der Waals surface area contributed by atoms with Crippen LogP contribution in [0.2, 0.25) is 0 Å². The molecule has 1 aromatic heterocycles. The lowest BCUT2D eigenvalue weighted by Gasteiger charge is -1.90. The molecule has 0 saturated carbocycles. The van der Waals surface area contributed by atoms with Gasteiger partial charge in [0.25, 0.3) is 0 Å². The third-order valence-electron chi connectivity index (χ3n) is 1.07. The lowest BCUT2D eigenvalue weighted by atomic mass is 10.7. The molecule has 0 fully saturated rings. The minimum Gasteiger partial charge on any atom is -0.363 e. The zero-order valence-electron chi connectivity index (χ0n) is 6.73. The van der Waals surface area contributed by atoms with Crippen LogP contribution in [0.15, 0.2) is 0 Å². The van der Waals surface area contributed by atoms with Gasteiger partial charge in [-0.25, -0.2) is 13.4 Å². The molecule has 0 aliphatic carbocycles. The first-order valence-corrected chi connectivity index (χ1v) is 6.03. The molecular weight excluding hydrogens is 198 g/mol. The monoisotopic (exact) mass is 207 g/mol. The van der Waals surface area contributed by atoms with E-state index in [0.29, 0.717) is 11.0 Å². The number of rotatable bonds is 3. The largest absolute Gasteiger partial charge is 0.363 e. The van der Waals surface area contributed by atoms with Crippen LogP contribution in [0.25, 0.3) is 0 Å². The second-order valence-corrected chi connectivity index (χ2v) is 5.23. The first-order valence-electron chi connectivity index (χ1n) is 3.19. The van der Waals surface area contributed by atoms with Gasteiger partial charge in [0.2, 0.25) is 5.13 Å². The van der Waals surface area contributed by atoms with E-state index in [-0.39, 0.29) is 5.75 Å². The molecule has 1 heterocycles. The number of nitrogens with zero attached hydrogens (tertiary/aromatic N) is 2. The average Bonchev–Trinajstić information content (AvgIpc) is 2.32. The second-order valence-electron chi connectivity index (χ2n) is 2.34. The quantitative estimate of drug-likeness (QED) is 0.762. The van der Waals surface area contributed by atoms with E-state index in [0.717, 1.165) is 17.8 Å². The lowest BCUT2D eigenvalue weighted by Crippen LogP contribution is -2.02. The van der Waals surface area contributed by atoms with Crippen LogP contribution in [-0.2, 0) is 15.6 Å². The molecule has 1 aromatic rings. The summed E-state index contributed by atoms with van der Waals surface area (Å²) >= 11 is 1.15. The van der Waals surface area contributed by atoms with Gasteiger partial charge in [-0.05, 0) is 0 Å². The molecule has 7 heteroatoms. The Bertz CT molecular complexity index is 357. The third kappa shape index (κ3) is 2.74. The van der Waals surface area contributed by atoms with E-state index in [1.807, 2.05) is 0 Å². The number of sulfone groups is 1. The molecule has 0 aliphatic rings. The molecule has 0 aromatic carbocycles. The van der Waals surface area contributed by atoms with Crippen molar-refractivity contribution in [1.29, 1.82) is 0 Å². The normalized spacial score (nSPS) is 11.5. The number of hydrogen-bond donors (Lipinski definition) is 1. The fourth-order valence-electron chi connectivity index (χ4n) is 0.649. The summed E-state index contributed by atoms with van der Waals surface area (Å²) in [6, 6.07) is 0. The van der Waals surface area contributed by atoms with Crippen LogP contribution < -0.4 is 5.32 Å². The Balaban J connectivity index is 2.78. The topological polar surface area (TPSA) is 72.0 Å². The highest BCUT2D eigenvalue weighted by Gasteiger charge is 2.09. The maximum atomic E-state index is 10.8. The van der Waals surface area contributed by atoms with E-state index >= 15 is 0 Å². The van der Waals surface area contributed by atoms with Crippen LogP contribution in [-0.4, -0.2) is 31.1 Å². The molecule has 0 aliphatic heterocycles. The van der Waals surface area contributed by atoms with Crippen LogP contribution in [0.1, 0.15) is 5.82 Å². The number of nitrogens with one attached hydrogen (secondary N) is 1. The molecule has 1 rings (SSSR count). The summed E-state index contributed by atoms with van der Waals surface area (Å²) in [5.41, 5.74) is 0. The summed E-state index contributed by atoms with van der Waals surface area (Å²) in [4.78, 5) is 3.93. The number of hydrogen-bond acceptors (Lipinski definition) is 6. The van der Waals surface area contributed by atoms with Gasteiger partial charge in [0.1, 0.15) is 5.75 Å². The molecule has 0 radical (unpaired) electrons. The summed E-state index contributed by atoms with van der Waals surface area (Å²) in [6.07, 6.45) is 1.16. The molecular formula is C5H9N3O2S2. The first kappa shape index (κ1) is 9.40. The van der Waals surface area contributed by atoms with Crippen molar-refractivity contribution in [1.82, 2.24) is 9.36 Å². The Morgan fingerprint density at radius 2 is 2.25 bits per heavy atom. The van der Waals surface area contributed by atoms with Gasteiger partial charge >= 0.3 is 0 Å². The summed E-state index contributed by atoms with van der Waals surface area (Å²) in [5.74, 6) is 0.261. The molecule has 0 saturated heterocycles. The zero-order chi connectivity index (χ0) is 9.19. The lowest BCUT2D eigenvalue weighted by molar-refractivity contribution is 0.600. The van der Waals surface area contributed by atoms with Crippen molar-refractivity contribution >= 4 is 26.5 Å². The van der Waals surface area contributed by atoms with Gasteiger partial charge in [-0.15, -0.1) is 0 Å². The van der Waals surface area contributed by atoms with Gasteiger partial charge in [-0.1, -0.05) is 0 Å². The molecule has 0 bridgehead atoms. The van der Waals surface area contributed by atoms with Crippen molar-refractivity contribution in [3.63, 3.8) is 0 Å². The third-order valence-corrected chi connectivity index (χ3v) is 2.63. The Labute approximate surface area is 74.9 Å². The van der Waals surface area contributed by atoms with E-state index in [2.05, 4.69) is 14.7 Å². The first-order chi connectivity index (χ1) is 5.51. The van der Waals surface area contributed by atoms with Crippen molar-refractivity contribution in [3.05, 3.63) is 5.82 Å². The van der Waals surface area contributed by atoms with E-state index in [1.165, 1.54) is 0 Å². The molecule has 1 N–H and O–H groups in total. The van der Waals surface area contributed by atoms with Crippen molar-refractivity contribution in [2.75, 3.05) is 18.6 Å². The van der Waals surface area contributed by atoms with Gasteiger partial charge in [0, 0.05) is 24.8 Å². The summed E-state index contributed by atoms with van der Waals surface area (Å²) in [5, 5.41) is 3.42. The highest BCUT2D eigenvalue weighted by atomic mass is 32.2. The minimum atomic E-state index is -3.02. The number of aromatic nitrogens is 2. The molecule has 5 nitrogen and oxygen atoms in total. The van der Waals surface area contributed by atoms with Gasteiger partial charge in [0.05, 0.1) is 0 Å². The maximum absolute atomic E-state index is 10.8. The maximum Gasteiger partial charge on any atom is 0.202 e. The SMILES string of the molecule is CNc1nc(CS(C)(=O)=O)ns1. The van der Waals surface area contributed by atoms with E-state index < -0.39 is 9.84 Å². The Kier molecular flexibility index (Phi) is 2.63. The Hall–Kier alpha value is -0.690. The predicted molar refractivity (Wildman–Crippen MR) is 48.0 cm³/mol. The minimum absolute atomic E-state index is 0.0921. The van der Waals surface area contributed by atoms with Crippen molar-refractivity contribution in [3.8, 4) is 0 Å². The molecule has 0 unspecified atom stereocenters. The van der Waals surface area contributed by atoms with Gasteiger partial charge in [0.15, 0.2) is 15.7 Å². The Morgan fingerprint density at radius 3 is 2.67 bits per heavy atom.